The third-order valence-electron chi connectivity index (χ3n) is 10.5. The van der Waals surface area contributed by atoms with Gasteiger partial charge in [-0.2, -0.15) is 0 Å². The molecule has 0 aromatic heterocycles. The van der Waals surface area contributed by atoms with Gasteiger partial charge >= 0.3 is 11.9 Å². The van der Waals surface area contributed by atoms with Crippen LogP contribution in [0.4, 0.5) is 0 Å². The van der Waals surface area contributed by atoms with Crippen molar-refractivity contribution in [3.8, 4) is 0 Å². The Morgan fingerprint density at radius 1 is 0.535 bits per heavy atom. The minimum atomic E-state index is -0.670. The molecule has 0 spiro atoms. The van der Waals surface area contributed by atoms with Crippen LogP contribution in [0, 0.1) is 29.1 Å². The van der Waals surface area contributed by atoms with E-state index in [-0.39, 0.29) is 5.92 Å². The second-order valence-corrected chi connectivity index (χ2v) is 14.4. The third-order valence-corrected chi connectivity index (χ3v) is 10.5. The molecule has 0 aromatic carbocycles. The van der Waals surface area contributed by atoms with Crippen molar-refractivity contribution >= 4 is 11.9 Å². The fourth-order valence-corrected chi connectivity index (χ4v) is 7.65. The molecule has 3 unspecified atom stereocenters. The molecule has 0 rings (SSSR count). The molecule has 0 fully saturated rings. The Bertz CT molecular complexity index is 640. The fraction of sp³-hybridized carbons (Fsp3) is 0.949. The van der Waals surface area contributed by atoms with Gasteiger partial charge in [-0.15, -0.1) is 0 Å². The van der Waals surface area contributed by atoms with Crippen molar-refractivity contribution in [3.63, 3.8) is 0 Å². The van der Waals surface area contributed by atoms with Crippen molar-refractivity contribution in [2.75, 3.05) is 0 Å². The summed E-state index contributed by atoms with van der Waals surface area (Å²) in [4.78, 5) is 23.9. The highest BCUT2D eigenvalue weighted by atomic mass is 16.4. The van der Waals surface area contributed by atoms with Crippen molar-refractivity contribution in [1.29, 1.82) is 0 Å². The predicted molar refractivity (Wildman–Crippen MR) is 186 cm³/mol. The summed E-state index contributed by atoms with van der Waals surface area (Å²) in [6, 6.07) is 0. The van der Waals surface area contributed by atoms with Gasteiger partial charge in [-0.3, -0.25) is 9.59 Å². The second kappa shape index (κ2) is 27.3. The Balaban J connectivity index is 4.80. The minimum Gasteiger partial charge on any atom is -0.481 e. The summed E-state index contributed by atoms with van der Waals surface area (Å²) in [5, 5.41) is 19.7. The Morgan fingerprint density at radius 2 is 0.907 bits per heavy atom. The molecule has 3 atom stereocenters. The van der Waals surface area contributed by atoms with Crippen molar-refractivity contribution in [3.05, 3.63) is 0 Å². The van der Waals surface area contributed by atoms with Crippen molar-refractivity contribution in [2.24, 2.45) is 29.1 Å². The molecule has 0 aliphatic heterocycles. The van der Waals surface area contributed by atoms with Crippen LogP contribution in [-0.2, 0) is 9.59 Å². The quantitative estimate of drug-likeness (QED) is 0.0745. The van der Waals surface area contributed by atoms with Crippen LogP contribution in [0.3, 0.4) is 0 Å². The molecule has 0 aromatic rings. The van der Waals surface area contributed by atoms with Crippen LogP contribution in [-0.4, -0.2) is 22.2 Å². The van der Waals surface area contributed by atoms with Gasteiger partial charge < -0.3 is 10.2 Å². The highest BCUT2D eigenvalue weighted by molar-refractivity contribution is 5.75. The highest BCUT2D eigenvalue weighted by Crippen LogP contribution is 2.49. The number of rotatable bonds is 32. The molecule has 0 aliphatic rings. The van der Waals surface area contributed by atoms with Crippen molar-refractivity contribution in [2.45, 2.75) is 208 Å². The fourth-order valence-electron chi connectivity index (χ4n) is 7.65. The summed E-state index contributed by atoms with van der Waals surface area (Å²) in [5.41, 5.74) is -0.588. The lowest BCUT2D eigenvalue weighted by Gasteiger charge is -2.44. The van der Waals surface area contributed by atoms with E-state index in [1.165, 1.54) is 116 Å². The van der Waals surface area contributed by atoms with E-state index in [0.717, 1.165) is 44.9 Å². The maximum Gasteiger partial charge on any atom is 0.309 e. The average Bonchev–Trinajstić information content (AvgIpc) is 2.97. The molecule has 0 heterocycles. The summed E-state index contributed by atoms with van der Waals surface area (Å²) in [6.07, 6.45) is 29.7. The molecule has 0 saturated heterocycles. The number of unbranched alkanes of at least 4 members (excludes halogenated alkanes) is 15. The topological polar surface area (TPSA) is 74.6 Å². The van der Waals surface area contributed by atoms with Gasteiger partial charge in [0.1, 0.15) is 0 Å². The molecule has 0 radical (unpaired) electrons. The molecule has 4 heteroatoms. The van der Waals surface area contributed by atoms with E-state index in [1.807, 2.05) is 0 Å². The van der Waals surface area contributed by atoms with Crippen LogP contribution >= 0.6 is 0 Å². The van der Waals surface area contributed by atoms with Gasteiger partial charge in [0.15, 0.2) is 0 Å². The molecule has 2 N–H and O–H groups in total. The van der Waals surface area contributed by atoms with Crippen LogP contribution in [0.25, 0.3) is 0 Å². The maximum atomic E-state index is 13.4. The van der Waals surface area contributed by atoms with Crippen molar-refractivity contribution in [1.82, 2.24) is 0 Å². The molecule has 256 valence electrons. The largest absolute Gasteiger partial charge is 0.481 e. The first-order valence-electron chi connectivity index (χ1n) is 19.1. The van der Waals surface area contributed by atoms with Crippen LogP contribution in [0.2, 0.25) is 0 Å². The van der Waals surface area contributed by atoms with Crippen LogP contribution in [0.15, 0.2) is 0 Å². The highest BCUT2D eigenvalue weighted by Gasteiger charge is 2.48. The number of carbonyl (C=O) groups is 2. The predicted octanol–water partition coefficient (Wildman–Crippen LogP) is 12.9. The van der Waals surface area contributed by atoms with Gasteiger partial charge in [0, 0.05) is 6.42 Å². The van der Waals surface area contributed by atoms with Gasteiger partial charge in [0.2, 0.25) is 0 Å². The molecule has 43 heavy (non-hydrogen) atoms. The zero-order valence-electron chi connectivity index (χ0n) is 29.9. The minimum absolute atomic E-state index is 0.258. The van der Waals surface area contributed by atoms with Gasteiger partial charge in [0.05, 0.1) is 5.41 Å². The summed E-state index contributed by atoms with van der Waals surface area (Å²) in [6.45, 7) is 13.6. The lowest BCUT2D eigenvalue weighted by molar-refractivity contribution is -0.158. The Kier molecular flexibility index (Phi) is 26.6. The van der Waals surface area contributed by atoms with Crippen LogP contribution in [0.1, 0.15) is 208 Å². The number of carboxylic acids is 2. The smallest absolute Gasteiger partial charge is 0.309 e. The van der Waals surface area contributed by atoms with Gasteiger partial charge in [-0.1, -0.05) is 176 Å². The lowest BCUT2D eigenvalue weighted by Crippen LogP contribution is -2.44. The number of aliphatic carboxylic acids is 2. The van der Waals surface area contributed by atoms with Crippen LogP contribution < -0.4 is 0 Å². The third kappa shape index (κ3) is 19.8. The zero-order chi connectivity index (χ0) is 32.3. The molecule has 0 bridgehead atoms. The van der Waals surface area contributed by atoms with E-state index < -0.39 is 17.4 Å². The molecule has 0 aliphatic carbocycles. The van der Waals surface area contributed by atoms with E-state index in [0.29, 0.717) is 24.2 Å². The van der Waals surface area contributed by atoms with Gasteiger partial charge in [0.25, 0.3) is 0 Å². The molecular weight excluding hydrogens is 532 g/mol. The Labute approximate surface area is 269 Å². The van der Waals surface area contributed by atoms with E-state index in [4.69, 9.17) is 5.11 Å². The lowest BCUT2D eigenvalue weighted by atomic mass is 9.59. The summed E-state index contributed by atoms with van der Waals surface area (Å²) in [5.74, 6) is 0.516. The number of hydrogen-bond acceptors (Lipinski definition) is 2. The van der Waals surface area contributed by atoms with Crippen molar-refractivity contribution < 1.29 is 19.8 Å². The zero-order valence-corrected chi connectivity index (χ0v) is 29.9. The molecule has 0 saturated carbocycles. The normalized spacial score (nSPS) is 15.3. The van der Waals surface area contributed by atoms with E-state index in [2.05, 4.69) is 41.5 Å². The Morgan fingerprint density at radius 3 is 1.21 bits per heavy atom. The molecular formula is C39H76O4. The van der Waals surface area contributed by atoms with Gasteiger partial charge in [-0.05, 0) is 49.4 Å². The Hall–Kier alpha value is -1.06. The number of hydrogen-bond donors (Lipinski definition) is 2. The average molecular weight is 609 g/mol. The first-order valence-corrected chi connectivity index (χ1v) is 19.1. The summed E-state index contributed by atoms with van der Waals surface area (Å²) < 4.78 is 0. The standard InChI is InChI=1S/C39H76O4/c1-7-11-27-34(9-3)31-39(38(42)43,32-35(10-4)28-12-8-2)36(33(5)6)29-25-23-21-19-17-15-13-14-16-18-20-22-24-26-30-37(40)41/h33-36H,7-32H2,1-6H3,(H,40,41)(H,42,43). The maximum absolute atomic E-state index is 13.4. The number of carboxylic acid groups (broad SMARTS) is 2. The summed E-state index contributed by atoms with van der Waals surface area (Å²) in [7, 11) is 0. The van der Waals surface area contributed by atoms with Crippen LogP contribution in [0.5, 0.6) is 0 Å². The van der Waals surface area contributed by atoms with E-state index >= 15 is 0 Å². The molecule has 0 amide bonds. The first kappa shape index (κ1) is 41.9. The first-order chi connectivity index (χ1) is 20.7. The summed E-state index contributed by atoms with van der Waals surface area (Å²) >= 11 is 0. The molecule has 4 nitrogen and oxygen atoms in total. The van der Waals surface area contributed by atoms with E-state index in [9.17, 15) is 14.7 Å². The van der Waals surface area contributed by atoms with E-state index in [1.54, 1.807) is 0 Å². The SMILES string of the molecule is CCCCC(CC)CC(CC(CC)CCCC)(C(=O)O)C(CCCCCCCCCCCCCCCCC(=O)O)C(C)C. The van der Waals surface area contributed by atoms with Gasteiger partial charge in [-0.25, -0.2) is 0 Å². The monoisotopic (exact) mass is 609 g/mol. The second-order valence-electron chi connectivity index (χ2n) is 14.4.